The van der Waals surface area contributed by atoms with Gasteiger partial charge in [0.15, 0.2) is 0 Å². The summed E-state index contributed by atoms with van der Waals surface area (Å²) in [6, 6.07) is 7.81. The van der Waals surface area contributed by atoms with Crippen molar-refractivity contribution < 1.29 is 4.79 Å². The molecule has 24 heavy (non-hydrogen) atoms. The van der Waals surface area contributed by atoms with Gasteiger partial charge in [0.05, 0.1) is 10.7 Å². The molecule has 1 amide bonds. The van der Waals surface area contributed by atoms with Gasteiger partial charge in [0, 0.05) is 18.3 Å². The van der Waals surface area contributed by atoms with Gasteiger partial charge >= 0.3 is 0 Å². The van der Waals surface area contributed by atoms with E-state index in [1.165, 1.54) is 17.7 Å². The van der Waals surface area contributed by atoms with Gasteiger partial charge in [-0.2, -0.15) is 5.10 Å². The van der Waals surface area contributed by atoms with Gasteiger partial charge < -0.3 is 5.32 Å². The summed E-state index contributed by atoms with van der Waals surface area (Å²) < 4.78 is 1.68. The number of nitrogens with one attached hydrogen (secondary N) is 1. The Morgan fingerprint density at radius 2 is 2.25 bits per heavy atom. The molecule has 3 aromatic rings. The van der Waals surface area contributed by atoms with Gasteiger partial charge in [0.25, 0.3) is 5.91 Å². The third kappa shape index (κ3) is 4.05. The fourth-order valence-corrected chi connectivity index (χ4v) is 3.27. The lowest BCUT2D eigenvalue weighted by Crippen LogP contribution is -2.23. The molecule has 0 aliphatic heterocycles. The SMILES string of the molecule is CC(C)Cc1nc(C(=O)NCc2cccc(-n3cncn3)c2)cs1. The van der Waals surface area contributed by atoms with Gasteiger partial charge in [-0.1, -0.05) is 26.0 Å². The number of carbonyl (C=O) groups excluding carboxylic acids is 1. The van der Waals surface area contributed by atoms with Gasteiger partial charge in [-0.05, 0) is 23.6 Å². The second-order valence-corrected chi connectivity index (χ2v) is 6.86. The fourth-order valence-electron chi connectivity index (χ4n) is 2.28. The molecule has 0 aliphatic rings. The maximum atomic E-state index is 12.2. The van der Waals surface area contributed by atoms with Crippen LogP contribution >= 0.6 is 11.3 Å². The molecular formula is C17H19N5OS. The summed E-state index contributed by atoms with van der Waals surface area (Å²) in [6.07, 6.45) is 4.03. The van der Waals surface area contributed by atoms with E-state index in [1.54, 1.807) is 11.0 Å². The fraction of sp³-hybridized carbons (Fsp3) is 0.294. The van der Waals surface area contributed by atoms with Crippen molar-refractivity contribution in [1.29, 1.82) is 0 Å². The summed E-state index contributed by atoms with van der Waals surface area (Å²) in [5.41, 5.74) is 2.39. The van der Waals surface area contributed by atoms with Gasteiger partial charge in [-0.15, -0.1) is 11.3 Å². The highest BCUT2D eigenvalue weighted by Crippen LogP contribution is 2.14. The zero-order valence-electron chi connectivity index (χ0n) is 13.6. The molecule has 124 valence electrons. The number of amides is 1. The Hall–Kier alpha value is -2.54. The molecule has 6 nitrogen and oxygen atoms in total. The van der Waals surface area contributed by atoms with Crippen molar-refractivity contribution in [2.24, 2.45) is 5.92 Å². The van der Waals surface area contributed by atoms with Gasteiger partial charge in [-0.3, -0.25) is 4.79 Å². The second-order valence-electron chi connectivity index (χ2n) is 5.92. The van der Waals surface area contributed by atoms with E-state index >= 15 is 0 Å². The minimum absolute atomic E-state index is 0.146. The predicted octanol–water partition coefficient (Wildman–Crippen LogP) is 2.85. The summed E-state index contributed by atoms with van der Waals surface area (Å²) in [6.45, 7) is 4.73. The normalized spacial score (nSPS) is 11.0. The molecule has 0 radical (unpaired) electrons. The highest BCUT2D eigenvalue weighted by atomic mass is 32.1. The molecule has 2 heterocycles. The van der Waals surface area contributed by atoms with E-state index < -0.39 is 0 Å². The van der Waals surface area contributed by atoms with Crippen LogP contribution in [0.3, 0.4) is 0 Å². The first kappa shape index (κ1) is 16.3. The van der Waals surface area contributed by atoms with Crippen LogP contribution in [0.15, 0.2) is 42.3 Å². The van der Waals surface area contributed by atoms with Crippen LogP contribution in [-0.4, -0.2) is 25.7 Å². The van der Waals surface area contributed by atoms with Gasteiger partial charge in [0.2, 0.25) is 0 Å². The molecule has 0 atom stereocenters. The highest BCUT2D eigenvalue weighted by molar-refractivity contribution is 7.09. The van der Waals surface area contributed by atoms with E-state index in [1.807, 2.05) is 29.6 Å². The molecule has 3 rings (SSSR count). The third-order valence-electron chi connectivity index (χ3n) is 3.41. The van der Waals surface area contributed by atoms with Crippen molar-refractivity contribution in [1.82, 2.24) is 25.1 Å². The molecule has 7 heteroatoms. The average molecular weight is 341 g/mol. The quantitative estimate of drug-likeness (QED) is 0.748. The molecule has 0 bridgehead atoms. The lowest BCUT2D eigenvalue weighted by atomic mass is 10.1. The average Bonchev–Trinajstić information content (AvgIpc) is 3.24. The van der Waals surface area contributed by atoms with Crippen LogP contribution in [0.4, 0.5) is 0 Å². The molecule has 2 aromatic heterocycles. The number of benzene rings is 1. The van der Waals surface area contributed by atoms with E-state index in [4.69, 9.17) is 0 Å². The molecule has 1 N–H and O–H groups in total. The van der Waals surface area contributed by atoms with Crippen molar-refractivity contribution in [3.8, 4) is 5.69 Å². The Morgan fingerprint density at radius 1 is 1.38 bits per heavy atom. The Kier molecular flexibility index (Phi) is 5.00. The van der Waals surface area contributed by atoms with Crippen LogP contribution in [0.1, 0.15) is 34.9 Å². The highest BCUT2D eigenvalue weighted by Gasteiger charge is 2.11. The Morgan fingerprint density at radius 3 is 3.00 bits per heavy atom. The Labute approximate surface area is 144 Å². The summed E-state index contributed by atoms with van der Waals surface area (Å²) in [5.74, 6) is 0.388. The second kappa shape index (κ2) is 7.35. The standard InChI is InChI=1S/C17H19N5OS/c1-12(2)6-16-21-15(9-24-16)17(23)19-8-13-4-3-5-14(7-13)22-11-18-10-20-22/h3-5,7,9-12H,6,8H2,1-2H3,(H,19,23). The van der Waals surface area contributed by atoms with Crippen LogP contribution in [0.2, 0.25) is 0 Å². The van der Waals surface area contributed by atoms with Crippen molar-refractivity contribution >= 4 is 17.2 Å². The topological polar surface area (TPSA) is 72.7 Å². The van der Waals surface area contributed by atoms with Crippen LogP contribution in [0.5, 0.6) is 0 Å². The largest absolute Gasteiger partial charge is 0.347 e. The van der Waals surface area contributed by atoms with Crippen molar-refractivity contribution in [3.05, 3.63) is 58.6 Å². The minimum atomic E-state index is -0.146. The summed E-state index contributed by atoms with van der Waals surface area (Å²) >= 11 is 1.54. The number of thiazole rings is 1. The molecule has 0 aliphatic carbocycles. The molecule has 0 spiro atoms. The number of rotatable bonds is 6. The molecule has 1 aromatic carbocycles. The first-order valence-corrected chi connectivity index (χ1v) is 8.66. The minimum Gasteiger partial charge on any atom is -0.347 e. The van der Waals surface area contributed by atoms with E-state index in [-0.39, 0.29) is 5.91 Å². The van der Waals surface area contributed by atoms with Crippen molar-refractivity contribution in [2.45, 2.75) is 26.8 Å². The zero-order valence-corrected chi connectivity index (χ0v) is 14.5. The van der Waals surface area contributed by atoms with Crippen LogP contribution < -0.4 is 5.32 Å². The summed E-state index contributed by atoms with van der Waals surface area (Å²) in [4.78, 5) is 20.6. The number of carbonyl (C=O) groups is 1. The number of aromatic nitrogens is 4. The van der Waals surface area contributed by atoms with Crippen LogP contribution in [0.25, 0.3) is 5.69 Å². The van der Waals surface area contributed by atoms with E-state index in [2.05, 4.69) is 34.2 Å². The first-order valence-electron chi connectivity index (χ1n) is 7.78. The molecule has 0 saturated carbocycles. The zero-order chi connectivity index (χ0) is 16.9. The first-order chi connectivity index (χ1) is 11.6. The van der Waals surface area contributed by atoms with Crippen molar-refractivity contribution in [3.63, 3.8) is 0 Å². The predicted molar refractivity (Wildman–Crippen MR) is 93.2 cm³/mol. The number of nitrogens with zero attached hydrogens (tertiary/aromatic N) is 4. The van der Waals surface area contributed by atoms with E-state index in [9.17, 15) is 4.79 Å². The van der Waals surface area contributed by atoms with E-state index in [0.29, 0.717) is 18.2 Å². The lowest BCUT2D eigenvalue weighted by Gasteiger charge is -2.06. The molecule has 0 fully saturated rings. The molecule has 0 saturated heterocycles. The number of hydrogen-bond acceptors (Lipinski definition) is 5. The summed E-state index contributed by atoms with van der Waals surface area (Å²) in [5, 5.41) is 9.84. The van der Waals surface area contributed by atoms with Gasteiger partial charge in [0.1, 0.15) is 18.3 Å². The maximum absolute atomic E-state index is 12.2. The Bertz CT molecular complexity index is 810. The maximum Gasteiger partial charge on any atom is 0.271 e. The summed E-state index contributed by atoms with van der Waals surface area (Å²) in [7, 11) is 0. The van der Waals surface area contributed by atoms with E-state index in [0.717, 1.165) is 22.7 Å². The smallest absolute Gasteiger partial charge is 0.271 e. The molecular weight excluding hydrogens is 322 g/mol. The van der Waals surface area contributed by atoms with Crippen molar-refractivity contribution in [2.75, 3.05) is 0 Å². The molecule has 0 unspecified atom stereocenters. The Balaban J connectivity index is 1.62. The van der Waals surface area contributed by atoms with Crippen LogP contribution in [-0.2, 0) is 13.0 Å². The lowest BCUT2D eigenvalue weighted by molar-refractivity contribution is 0.0946. The van der Waals surface area contributed by atoms with Gasteiger partial charge in [-0.25, -0.2) is 14.6 Å². The monoisotopic (exact) mass is 341 g/mol. The van der Waals surface area contributed by atoms with Crippen LogP contribution in [0, 0.1) is 5.92 Å². The number of hydrogen-bond donors (Lipinski definition) is 1. The third-order valence-corrected chi connectivity index (χ3v) is 4.29.